The molecule has 5 heteroatoms. The predicted molar refractivity (Wildman–Crippen MR) is 95.0 cm³/mol. The van der Waals surface area contributed by atoms with Crippen molar-refractivity contribution in [2.75, 3.05) is 13.1 Å². The minimum Gasteiger partial charge on any atom is -0.488 e. The van der Waals surface area contributed by atoms with Crippen LogP contribution in [0, 0.1) is 0 Å². The Labute approximate surface area is 146 Å². The fourth-order valence-electron chi connectivity index (χ4n) is 2.69. The van der Waals surface area contributed by atoms with Gasteiger partial charge in [0.05, 0.1) is 6.54 Å². The van der Waals surface area contributed by atoms with Crippen LogP contribution in [0.2, 0.25) is 5.02 Å². The van der Waals surface area contributed by atoms with Gasteiger partial charge in [-0.3, -0.25) is 9.78 Å². The largest absolute Gasteiger partial charge is 0.488 e. The number of carbonyl (C=O) groups is 1. The molecular weight excluding hydrogens is 324 g/mol. The van der Waals surface area contributed by atoms with Crippen LogP contribution in [0.3, 0.4) is 0 Å². The quantitative estimate of drug-likeness (QED) is 0.793. The Bertz CT molecular complexity index is 701. The van der Waals surface area contributed by atoms with E-state index in [4.69, 9.17) is 16.3 Å². The molecule has 1 aliphatic rings. The molecule has 1 saturated heterocycles. The highest BCUT2D eigenvalue weighted by Crippen LogP contribution is 2.18. The van der Waals surface area contributed by atoms with Gasteiger partial charge in [-0.1, -0.05) is 23.7 Å². The zero-order valence-corrected chi connectivity index (χ0v) is 14.0. The number of carbonyl (C=O) groups excluding carboxylic acids is 1. The SMILES string of the molecule is O=C(/C=C/c1ccc(Cl)cc1)N1CCCC(Oc2ccncc2)C1. The van der Waals surface area contributed by atoms with Crippen molar-refractivity contribution in [2.45, 2.75) is 18.9 Å². The molecule has 0 bridgehead atoms. The summed E-state index contributed by atoms with van der Waals surface area (Å²) in [4.78, 5) is 18.2. The lowest BCUT2D eigenvalue weighted by Crippen LogP contribution is -2.43. The molecule has 0 saturated carbocycles. The van der Waals surface area contributed by atoms with Crippen LogP contribution in [-0.4, -0.2) is 35.0 Å². The number of aromatic nitrogens is 1. The number of rotatable bonds is 4. The number of likely N-dealkylation sites (tertiary alicyclic amines) is 1. The molecule has 1 aromatic heterocycles. The first-order chi connectivity index (χ1) is 11.7. The lowest BCUT2D eigenvalue weighted by molar-refractivity contribution is -0.128. The molecule has 124 valence electrons. The first-order valence-corrected chi connectivity index (χ1v) is 8.38. The van der Waals surface area contributed by atoms with E-state index < -0.39 is 0 Å². The Balaban J connectivity index is 1.57. The topological polar surface area (TPSA) is 42.4 Å². The van der Waals surface area contributed by atoms with Crippen molar-refractivity contribution in [3.05, 3.63) is 65.5 Å². The van der Waals surface area contributed by atoms with Gasteiger partial charge in [0.2, 0.25) is 5.91 Å². The van der Waals surface area contributed by atoms with Gasteiger partial charge in [-0.15, -0.1) is 0 Å². The molecule has 4 nitrogen and oxygen atoms in total. The van der Waals surface area contributed by atoms with Crippen molar-refractivity contribution < 1.29 is 9.53 Å². The molecule has 1 unspecified atom stereocenters. The van der Waals surface area contributed by atoms with Gasteiger partial charge in [-0.05, 0) is 48.7 Å². The van der Waals surface area contributed by atoms with Gasteiger partial charge < -0.3 is 9.64 Å². The van der Waals surface area contributed by atoms with Crippen LogP contribution in [0.1, 0.15) is 18.4 Å². The van der Waals surface area contributed by atoms with E-state index in [-0.39, 0.29) is 12.0 Å². The van der Waals surface area contributed by atoms with E-state index >= 15 is 0 Å². The molecule has 3 rings (SSSR count). The molecule has 1 aliphatic heterocycles. The van der Waals surface area contributed by atoms with Gasteiger partial charge >= 0.3 is 0 Å². The Kier molecular flexibility index (Phi) is 5.49. The average Bonchev–Trinajstić information content (AvgIpc) is 2.62. The number of amides is 1. The van der Waals surface area contributed by atoms with Gasteiger partial charge in [0.15, 0.2) is 0 Å². The Morgan fingerprint density at radius 1 is 1.21 bits per heavy atom. The van der Waals surface area contributed by atoms with Crippen LogP contribution in [0.5, 0.6) is 5.75 Å². The van der Waals surface area contributed by atoms with Crippen LogP contribution < -0.4 is 4.74 Å². The lowest BCUT2D eigenvalue weighted by Gasteiger charge is -2.32. The van der Waals surface area contributed by atoms with E-state index in [1.807, 2.05) is 47.4 Å². The summed E-state index contributed by atoms with van der Waals surface area (Å²) in [5.41, 5.74) is 0.953. The van der Waals surface area contributed by atoms with Crippen LogP contribution in [-0.2, 0) is 4.79 Å². The van der Waals surface area contributed by atoms with Crippen molar-refractivity contribution >= 4 is 23.6 Å². The number of hydrogen-bond donors (Lipinski definition) is 0. The zero-order valence-electron chi connectivity index (χ0n) is 13.3. The first kappa shape index (κ1) is 16.5. The summed E-state index contributed by atoms with van der Waals surface area (Å²) in [6, 6.07) is 11.1. The van der Waals surface area contributed by atoms with E-state index in [1.165, 1.54) is 0 Å². The van der Waals surface area contributed by atoms with Crippen molar-refractivity contribution in [3.8, 4) is 5.75 Å². The third kappa shape index (κ3) is 4.59. The van der Waals surface area contributed by atoms with Crippen molar-refractivity contribution in [1.82, 2.24) is 9.88 Å². The maximum absolute atomic E-state index is 12.4. The first-order valence-electron chi connectivity index (χ1n) is 8.00. The highest BCUT2D eigenvalue weighted by molar-refractivity contribution is 6.30. The van der Waals surface area contributed by atoms with E-state index in [0.29, 0.717) is 11.6 Å². The molecule has 24 heavy (non-hydrogen) atoms. The maximum Gasteiger partial charge on any atom is 0.246 e. The Morgan fingerprint density at radius 2 is 1.96 bits per heavy atom. The maximum atomic E-state index is 12.4. The van der Waals surface area contributed by atoms with Crippen LogP contribution in [0.15, 0.2) is 54.9 Å². The van der Waals surface area contributed by atoms with Crippen LogP contribution in [0.4, 0.5) is 0 Å². The number of pyridine rings is 1. The molecule has 0 aliphatic carbocycles. The molecule has 2 aromatic rings. The zero-order chi connectivity index (χ0) is 16.8. The highest BCUT2D eigenvalue weighted by Gasteiger charge is 2.23. The van der Waals surface area contributed by atoms with E-state index in [9.17, 15) is 4.79 Å². The summed E-state index contributed by atoms with van der Waals surface area (Å²) < 4.78 is 5.94. The smallest absolute Gasteiger partial charge is 0.246 e. The van der Waals surface area contributed by atoms with Gasteiger partial charge in [0.1, 0.15) is 11.9 Å². The molecule has 0 radical (unpaired) electrons. The fourth-order valence-corrected chi connectivity index (χ4v) is 2.82. The number of benzene rings is 1. The standard InChI is InChI=1S/C19H19ClN2O2/c20-16-6-3-15(4-7-16)5-8-19(23)22-13-1-2-18(14-22)24-17-9-11-21-12-10-17/h3-12,18H,1-2,13-14H2/b8-5+. The van der Waals surface area contributed by atoms with Gasteiger partial charge in [0, 0.05) is 30.0 Å². The van der Waals surface area contributed by atoms with E-state index in [1.54, 1.807) is 18.5 Å². The molecule has 1 aromatic carbocycles. The second-order valence-corrected chi connectivity index (χ2v) is 6.17. The summed E-state index contributed by atoms with van der Waals surface area (Å²) in [5.74, 6) is 0.800. The second kappa shape index (κ2) is 7.97. The molecule has 1 atom stereocenters. The van der Waals surface area contributed by atoms with Gasteiger partial charge in [-0.25, -0.2) is 0 Å². The monoisotopic (exact) mass is 342 g/mol. The molecule has 1 amide bonds. The third-order valence-electron chi connectivity index (χ3n) is 3.93. The lowest BCUT2D eigenvalue weighted by atomic mass is 10.1. The summed E-state index contributed by atoms with van der Waals surface area (Å²) in [7, 11) is 0. The summed E-state index contributed by atoms with van der Waals surface area (Å²) >= 11 is 5.86. The molecule has 0 N–H and O–H groups in total. The fraction of sp³-hybridized carbons (Fsp3) is 0.263. The van der Waals surface area contributed by atoms with Gasteiger partial charge in [-0.2, -0.15) is 0 Å². The Hall–Kier alpha value is -2.33. The number of nitrogens with zero attached hydrogens (tertiary/aromatic N) is 2. The van der Waals surface area contributed by atoms with Crippen LogP contribution >= 0.6 is 11.6 Å². The highest BCUT2D eigenvalue weighted by atomic mass is 35.5. The van der Waals surface area contributed by atoms with Crippen molar-refractivity contribution in [1.29, 1.82) is 0 Å². The predicted octanol–water partition coefficient (Wildman–Crippen LogP) is 3.82. The molecule has 0 spiro atoms. The third-order valence-corrected chi connectivity index (χ3v) is 4.18. The summed E-state index contributed by atoms with van der Waals surface area (Å²) in [6.45, 7) is 1.37. The molecule has 1 fully saturated rings. The van der Waals surface area contributed by atoms with Crippen molar-refractivity contribution in [3.63, 3.8) is 0 Å². The van der Waals surface area contributed by atoms with E-state index in [0.717, 1.165) is 30.7 Å². The number of halogens is 1. The number of piperidine rings is 1. The normalized spacial score (nSPS) is 17.9. The summed E-state index contributed by atoms with van der Waals surface area (Å²) in [5, 5.41) is 0.686. The number of hydrogen-bond acceptors (Lipinski definition) is 3. The van der Waals surface area contributed by atoms with E-state index in [2.05, 4.69) is 4.98 Å². The molecule has 2 heterocycles. The second-order valence-electron chi connectivity index (χ2n) is 5.73. The minimum atomic E-state index is 0.00739. The summed E-state index contributed by atoms with van der Waals surface area (Å²) in [6.07, 6.45) is 8.74. The minimum absolute atomic E-state index is 0.00739. The Morgan fingerprint density at radius 3 is 2.71 bits per heavy atom. The van der Waals surface area contributed by atoms with Crippen molar-refractivity contribution in [2.24, 2.45) is 0 Å². The van der Waals surface area contributed by atoms with Gasteiger partial charge in [0.25, 0.3) is 0 Å². The molecular formula is C19H19ClN2O2. The number of ether oxygens (including phenoxy) is 1. The average molecular weight is 343 g/mol. The van der Waals surface area contributed by atoms with Crippen LogP contribution in [0.25, 0.3) is 6.08 Å².